The van der Waals surface area contributed by atoms with E-state index in [1.165, 1.54) is 0 Å². The summed E-state index contributed by atoms with van der Waals surface area (Å²) in [5, 5.41) is 0. The van der Waals surface area contributed by atoms with E-state index >= 15 is 0 Å². The van der Waals surface area contributed by atoms with Crippen LogP contribution in [0.15, 0.2) is 24.4 Å². The quantitative estimate of drug-likeness (QED) is 0.460. The SMILES string of the molecule is CCN1C=CC=CC1.F[B-](F)(F)F. The second-order valence-electron chi connectivity index (χ2n) is 2.35. The van der Waals surface area contributed by atoms with E-state index in [2.05, 4.69) is 36.3 Å². The van der Waals surface area contributed by atoms with Crippen LogP contribution < -0.4 is 0 Å². The standard InChI is InChI=1S/C7H11N.BF4/c1-2-8-6-4-3-5-7-8;2-1(3,4)5/h3-6H,2,7H2,1H3;/q;-1. The van der Waals surface area contributed by atoms with Crippen LogP contribution in [0.5, 0.6) is 0 Å². The highest BCUT2D eigenvalue weighted by atomic mass is 19.5. The Morgan fingerprint density at radius 2 is 1.77 bits per heavy atom. The molecule has 0 fully saturated rings. The summed E-state index contributed by atoms with van der Waals surface area (Å²) >= 11 is 0. The van der Waals surface area contributed by atoms with Gasteiger partial charge in [0.25, 0.3) is 0 Å². The van der Waals surface area contributed by atoms with Crippen molar-refractivity contribution in [3.63, 3.8) is 0 Å². The highest BCUT2D eigenvalue weighted by Gasteiger charge is 2.20. The molecule has 13 heavy (non-hydrogen) atoms. The van der Waals surface area contributed by atoms with Gasteiger partial charge in [0.1, 0.15) is 0 Å². The van der Waals surface area contributed by atoms with Gasteiger partial charge >= 0.3 is 7.25 Å². The summed E-state index contributed by atoms with van der Waals surface area (Å²) in [7, 11) is -6.00. The molecule has 0 bridgehead atoms. The minimum Gasteiger partial charge on any atom is -0.418 e. The molecule has 6 heteroatoms. The number of halogens is 4. The average Bonchev–Trinajstić information content (AvgIpc) is 2.03. The van der Waals surface area contributed by atoms with Gasteiger partial charge in [0.2, 0.25) is 0 Å². The molecule has 1 rings (SSSR count). The van der Waals surface area contributed by atoms with Crippen LogP contribution in [0.25, 0.3) is 0 Å². The van der Waals surface area contributed by atoms with Gasteiger partial charge in [0, 0.05) is 13.1 Å². The third-order valence-corrected chi connectivity index (χ3v) is 1.29. The Hall–Kier alpha value is -0.935. The lowest BCUT2D eigenvalue weighted by molar-refractivity contribution is 0.368. The molecule has 0 saturated carbocycles. The van der Waals surface area contributed by atoms with Crippen molar-refractivity contribution in [3.05, 3.63) is 24.4 Å². The van der Waals surface area contributed by atoms with E-state index in [-0.39, 0.29) is 0 Å². The van der Waals surface area contributed by atoms with Crippen LogP contribution in [0.1, 0.15) is 6.92 Å². The normalized spacial score (nSPS) is 15.3. The monoisotopic (exact) mass is 196 g/mol. The van der Waals surface area contributed by atoms with Crippen molar-refractivity contribution in [2.45, 2.75) is 6.92 Å². The number of hydrogen-bond donors (Lipinski definition) is 0. The van der Waals surface area contributed by atoms with Crippen molar-refractivity contribution < 1.29 is 17.3 Å². The largest absolute Gasteiger partial charge is 0.673 e. The van der Waals surface area contributed by atoms with Crippen molar-refractivity contribution >= 4 is 7.25 Å². The number of allylic oxidation sites excluding steroid dienone is 2. The fourth-order valence-electron chi connectivity index (χ4n) is 0.742. The predicted octanol–water partition coefficient (Wildman–Crippen LogP) is 2.69. The summed E-state index contributed by atoms with van der Waals surface area (Å²) in [6.07, 6.45) is 8.41. The van der Waals surface area contributed by atoms with Gasteiger partial charge in [0.15, 0.2) is 0 Å². The molecule has 0 aliphatic carbocycles. The van der Waals surface area contributed by atoms with Crippen LogP contribution in [-0.2, 0) is 0 Å². The zero-order valence-electron chi connectivity index (χ0n) is 7.26. The lowest BCUT2D eigenvalue weighted by Crippen LogP contribution is -2.17. The molecule has 0 atom stereocenters. The highest BCUT2D eigenvalue weighted by Crippen LogP contribution is 2.06. The summed E-state index contributed by atoms with van der Waals surface area (Å²) < 4.78 is 39.0. The fourth-order valence-corrected chi connectivity index (χ4v) is 0.742. The molecule has 0 saturated heterocycles. The minimum absolute atomic E-state index is 1.08. The summed E-state index contributed by atoms with van der Waals surface area (Å²) in [6.45, 7) is 4.34. The van der Waals surface area contributed by atoms with Crippen LogP contribution in [0.4, 0.5) is 17.3 Å². The summed E-state index contributed by atoms with van der Waals surface area (Å²) in [4.78, 5) is 2.25. The van der Waals surface area contributed by atoms with E-state index in [1.807, 2.05) is 0 Å². The van der Waals surface area contributed by atoms with Gasteiger partial charge in [-0.15, -0.1) is 0 Å². The molecule has 0 aromatic carbocycles. The fraction of sp³-hybridized carbons (Fsp3) is 0.429. The predicted molar refractivity (Wildman–Crippen MR) is 45.7 cm³/mol. The molecule has 1 aliphatic heterocycles. The van der Waals surface area contributed by atoms with E-state index in [0.717, 1.165) is 13.1 Å². The van der Waals surface area contributed by atoms with Crippen molar-refractivity contribution in [1.82, 2.24) is 4.90 Å². The number of hydrogen-bond acceptors (Lipinski definition) is 1. The topological polar surface area (TPSA) is 3.24 Å². The van der Waals surface area contributed by atoms with E-state index in [9.17, 15) is 17.3 Å². The van der Waals surface area contributed by atoms with Gasteiger partial charge in [0.05, 0.1) is 0 Å². The molecule has 0 aromatic rings. The Labute approximate surface area is 74.8 Å². The van der Waals surface area contributed by atoms with Crippen LogP contribution in [-0.4, -0.2) is 25.2 Å². The van der Waals surface area contributed by atoms with Gasteiger partial charge < -0.3 is 22.2 Å². The molecule has 0 radical (unpaired) electrons. The molecule has 1 heterocycles. The second kappa shape index (κ2) is 5.67. The lowest BCUT2D eigenvalue weighted by Gasteiger charge is -2.16. The molecule has 1 nitrogen and oxygen atoms in total. The highest BCUT2D eigenvalue weighted by molar-refractivity contribution is 6.50. The van der Waals surface area contributed by atoms with Crippen molar-refractivity contribution in [1.29, 1.82) is 0 Å². The van der Waals surface area contributed by atoms with Crippen LogP contribution in [0, 0.1) is 0 Å². The van der Waals surface area contributed by atoms with Gasteiger partial charge in [-0.1, -0.05) is 12.2 Å². The van der Waals surface area contributed by atoms with Crippen LogP contribution in [0.2, 0.25) is 0 Å². The summed E-state index contributed by atoms with van der Waals surface area (Å²) in [5.74, 6) is 0. The van der Waals surface area contributed by atoms with Crippen molar-refractivity contribution in [2.75, 3.05) is 13.1 Å². The molecule has 0 N–H and O–H groups in total. The Kier molecular flexibility index (Phi) is 5.26. The average molecular weight is 196 g/mol. The van der Waals surface area contributed by atoms with Gasteiger partial charge in [-0.25, -0.2) is 0 Å². The number of rotatable bonds is 1. The Balaban J connectivity index is 0.000000252. The zero-order chi connectivity index (χ0) is 10.3. The molecular weight excluding hydrogens is 185 g/mol. The smallest absolute Gasteiger partial charge is 0.418 e. The summed E-state index contributed by atoms with van der Waals surface area (Å²) in [5.41, 5.74) is 0. The second-order valence-corrected chi connectivity index (χ2v) is 2.35. The first-order valence-corrected chi connectivity index (χ1v) is 3.88. The van der Waals surface area contributed by atoms with E-state index < -0.39 is 7.25 Å². The van der Waals surface area contributed by atoms with E-state index in [0.29, 0.717) is 0 Å². The lowest BCUT2D eigenvalue weighted by atomic mass is 10.3. The van der Waals surface area contributed by atoms with Crippen LogP contribution >= 0.6 is 0 Å². The zero-order valence-corrected chi connectivity index (χ0v) is 7.26. The summed E-state index contributed by atoms with van der Waals surface area (Å²) in [6, 6.07) is 0. The molecule has 0 spiro atoms. The Bertz CT molecular complexity index is 181. The molecule has 1 aliphatic rings. The Morgan fingerprint density at radius 1 is 1.23 bits per heavy atom. The maximum Gasteiger partial charge on any atom is 0.673 e. The van der Waals surface area contributed by atoms with Gasteiger partial charge in [-0.05, 0) is 19.2 Å². The first kappa shape index (κ1) is 12.1. The third-order valence-electron chi connectivity index (χ3n) is 1.29. The van der Waals surface area contributed by atoms with E-state index in [1.54, 1.807) is 0 Å². The first-order valence-electron chi connectivity index (χ1n) is 3.88. The minimum atomic E-state index is -6.00. The first-order chi connectivity index (χ1) is 5.93. The third kappa shape index (κ3) is 11.1. The number of nitrogens with zero attached hydrogens (tertiary/aromatic N) is 1. The molecular formula is C7H11BF4N-. The maximum atomic E-state index is 9.75. The van der Waals surface area contributed by atoms with E-state index in [4.69, 9.17) is 0 Å². The molecule has 0 aromatic heterocycles. The van der Waals surface area contributed by atoms with Crippen molar-refractivity contribution in [3.8, 4) is 0 Å². The molecule has 0 amide bonds. The Morgan fingerprint density at radius 3 is 2.00 bits per heavy atom. The number of likely N-dealkylation sites (N-methyl/N-ethyl adjacent to an activating group) is 1. The van der Waals surface area contributed by atoms with Gasteiger partial charge in [-0.2, -0.15) is 0 Å². The maximum absolute atomic E-state index is 9.75. The molecule has 76 valence electrons. The van der Waals surface area contributed by atoms with Crippen LogP contribution in [0.3, 0.4) is 0 Å². The van der Waals surface area contributed by atoms with Crippen molar-refractivity contribution in [2.24, 2.45) is 0 Å². The van der Waals surface area contributed by atoms with Gasteiger partial charge in [-0.3, -0.25) is 0 Å². The molecule has 0 unspecified atom stereocenters.